The lowest BCUT2D eigenvalue weighted by Gasteiger charge is -2.09. The number of fused-ring (bicyclic) bond motifs is 5. The second-order valence-corrected chi connectivity index (χ2v) is 29.8. The molecule has 113 heavy (non-hydrogen) atoms. The molecule has 0 bridgehead atoms. The number of alkyl halides is 3. The first-order valence-electron chi connectivity index (χ1n) is 37.6. The fourth-order valence-electron chi connectivity index (χ4n) is 12.0. The molecule has 0 aliphatic heterocycles. The van der Waals surface area contributed by atoms with Gasteiger partial charge >= 0.3 is 5.97 Å². The van der Waals surface area contributed by atoms with E-state index in [-0.39, 0.29) is 33.6 Å². The number of ketones is 1. The average molecular weight is 1780 g/mol. The number of aryl methyl sites for hydroxylation is 3. The standard InChI is InChI=1S/C25H25ClN4O2.C13H10ClNO3.C12H13BrN2O.C12H15BrN2.C12H17N3.C7H6N2.C5H8BrClO/c26-20-11-9-18(10-12-20)17-30-15-5-8-22(25(30)32)24(31)28-13-3-1-2-6-19-16-29-23-21(19)7-4-14-27-23;14-10-5-3-9(4-6-10)8-15-7-1-2-11(12(15)16)13(17)18;13-6-2-1-5-11(16)10-8-15-12-9(10)4-3-7-14-12;2*13-7-3-1-2-5-10-9-15-12-11(10)6-4-8-14-12;1-2-6-3-5-9-7(6)8-4-1;6-4-2-1-3-5(7)8/h4-5,7-12,14-16H,1-3,6,13,17H2,(H,27,29)(H,28,31);1-7H,8H2,(H,17,18);3-4,7-8H,1-2,5-6H2,(H,14,15);4,6,8-9H,1-3,5,7H2,(H,14,15);4,6,8-9H,1-3,5,7,13H2,(H,14,15);1-5H,(H,8,9);1-4H2. The number of carboxylic acids is 1. The second-order valence-electron chi connectivity index (χ2n) is 26.2. The number of hydrogen-bond donors (Lipinski definition) is 8. The highest BCUT2D eigenvalue weighted by Crippen LogP contribution is 2.23. The number of rotatable bonds is 31. The number of carboxylic acid groups (broad SMARTS) is 1. The minimum atomic E-state index is -1.22. The van der Waals surface area contributed by atoms with Crippen LogP contribution in [0.2, 0.25) is 10.0 Å². The van der Waals surface area contributed by atoms with E-state index in [4.69, 9.17) is 45.6 Å². The van der Waals surface area contributed by atoms with Crippen LogP contribution in [0.25, 0.3) is 55.2 Å². The van der Waals surface area contributed by atoms with Gasteiger partial charge in [0.2, 0.25) is 5.24 Å². The Labute approximate surface area is 696 Å². The van der Waals surface area contributed by atoms with E-state index in [0.29, 0.717) is 42.5 Å². The minimum Gasteiger partial charge on any atom is -0.477 e. The number of nitrogens with zero attached hydrogens (tertiary/aromatic N) is 7. The molecule has 9 N–H and O–H groups in total. The molecular formula is C86H94Br3Cl3N14O7. The van der Waals surface area contributed by atoms with Crippen molar-refractivity contribution in [3.8, 4) is 0 Å². The summed E-state index contributed by atoms with van der Waals surface area (Å²) in [5.41, 5.74) is 15.9. The maximum Gasteiger partial charge on any atom is 0.341 e. The van der Waals surface area contributed by atoms with Crippen molar-refractivity contribution in [3.05, 3.63) is 289 Å². The zero-order valence-electron chi connectivity index (χ0n) is 62.8. The summed E-state index contributed by atoms with van der Waals surface area (Å²) in [6.07, 6.45) is 40.5. The summed E-state index contributed by atoms with van der Waals surface area (Å²) in [5, 5.41) is 21.6. The van der Waals surface area contributed by atoms with Crippen molar-refractivity contribution in [1.82, 2.24) is 64.3 Å². The molecule has 12 heterocycles. The molecule has 14 aromatic rings. The number of aromatic amines is 5. The van der Waals surface area contributed by atoms with Crippen LogP contribution in [0, 0.1) is 0 Å². The summed E-state index contributed by atoms with van der Waals surface area (Å²) in [5.74, 6) is -1.35. The van der Waals surface area contributed by atoms with Gasteiger partial charge in [0.05, 0.1) is 13.1 Å². The molecule has 0 saturated carbocycles. The van der Waals surface area contributed by atoms with Crippen LogP contribution < -0.4 is 22.2 Å². The summed E-state index contributed by atoms with van der Waals surface area (Å²) in [6, 6.07) is 42.5. The SMILES string of the molecule is BrCCCCCc1c[nH]c2ncccc12.NCCCCCc1c[nH]c2ncccc12.O=C(CCCCBr)c1c[nH]c2ncccc12.O=C(Cl)CCCCBr.O=C(NCCCCCc1c[nH]c2ncccc12)c1cccn(Cc2ccc(Cl)cc2)c1=O.O=C(O)c1cccn(Cc2ccc(Cl)cc2)c1=O.c1cnc2[nH]ccc2c1. The Hall–Kier alpha value is -9.66. The van der Waals surface area contributed by atoms with Crippen LogP contribution >= 0.6 is 82.6 Å². The largest absolute Gasteiger partial charge is 0.477 e. The van der Waals surface area contributed by atoms with Crippen LogP contribution in [-0.2, 0) is 37.1 Å². The van der Waals surface area contributed by atoms with E-state index in [9.17, 15) is 28.8 Å². The van der Waals surface area contributed by atoms with E-state index in [2.05, 4.69) is 134 Å². The Morgan fingerprint density at radius 2 is 0.850 bits per heavy atom. The van der Waals surface area contributed by atoms with Gasteiger partial charge in [-0.2, -0.15) is 0 Å². The zero-order valence-corrected chi connectivity index (χ0v) is 69.8. The first kappa shape index (κ1) is 88.9. The molecule has 0 saturated heterocycles. The molecule has 592 valence electrons. The molecule has 27 heteroatoms. The summed E-state index contributed by atoms with van der Waals surface area (Å²) >= 11 is 26.8. The number of aromatic carboxylic acids is 1. The van der Waals surface area contributed by atoms with Gasteiger partial charge in [0, 0.05) is 152 Å². The smallest absolute Gasteiger partial charge is 0.341 e. The average Bonchev–Trinajstić information content (AvgIpc) is 1.57. The molecule has 0 atom stereocenters. The van der Waals surface area contributed by atoms with E-state index in [1.807, 2.05) is 85.5 Å². The molecule has 2 aromatic carbocycles. The fourth-order valence-corrected chi connectivity index (χ4v) is 13.5. The molecule has 0 unspecified atom stereocenters. The molecule has 14 rings (SSSR count). The van der Waals surface area contributed by atoms with Crippen molar-refractivity contribution in [2.45, 2.75) is 129 Å². The van der Waals surface area contributed by atoms with E-state index in [1.54, 1.807) is 91.8 Å². The topological polar surface area (TPSA) is 314 Å². The lowest BCUT2D eigenvalue weighted by Crippen LogP contribution is -2.33. The van der Waals surface area contributed by atoms with Crippen molar-refractivity contribution in [1.29, 1.82) is 0 Å². The molecule has 12 aromatic heterocycles. The summed E-state index contributed by atoms with van der Waals surface area (Å²) < 4.78 is 2.89. The van der Waals surface area contributed by atoms with E-state index < -0.39 is 11.5 Å². The van der Waals surface area contributed by atoms with Crippen LogP contribution in [0.4, 0.5) is 0 Å². The number of nitrogens with two attached hydrogens (primary N) is 1. The first-order valence-corrected chi connectivity index (χ1v) is 42.1. The number of amides is 1. The summed E-state index contributed by atoms with van der Waals surface area (Å²) in [4.78, 5) is 107. The van der Waals surface area contributed by atoms with Crippen molar-refractivity contribution in [3.63, 3.8) is 0 Å². The number of carbonyl (C=O) groups is 4. The van der Waals surface area contributed by atoms with Crippen molar-refractivity contribution >= 4 is 161 Å². The molecule has 0 aliphatic carbocycles. The molecule has 0 spiro atoms. The number of aromatic nitrogens is 12. The normalized spacial score (nSPS) is 10.7. The third-order valence-corrected chi connectivity index (χ3v) is 20.3. The zero-order chi connectivity index (χ0) is 80.4. The van der Waals surface area contributed by atoms with Gasteiger partial charge in [-0.05, 0) is 245 Å². The lowest BCUT2D eigenvalue weighted by atomic mass is 10.1. The lowest BCUT2D eigenvalue weighted by molar-refractivity contribution is -0.111. The van der Waals surface area contributed by atoms with Crippen LogP contribution in [0.15, 0.2) is 223 Å². The van der Waals surface area contributed by atoms with Gasteiger partial charge in [0.15, 0.2) is 5.78 Å². The Balaban J connectivity index is 0.000000173. The van der Waals surface area contributed by atoms with Gasteiger partial charge in [-0.1, -0.05) is 115 Å². The van der Waals surface area contributed by atoms with Crippen LogP contribution in [0.5, 0.6) is 0 Å². The van der Waals surface area contributed by atoms with Gasteiger partial charge in [0.1, 0.15) is 39.4 Å². The van der Waals surface area contributed by atoms with Crippen LogP contribution in [0.1, 0.15) is 155 Å². The molecule has 1 amide bonds. The van der Waals surface area contributed by atoms with Gasteiger partial charge in [0.25, 0.3) is 17.0 Å². The van der Waals surface area contributed by atoms with Gasteiger partial charge < -0.3 is 50.2 Å². The van der Waals surface area contributed by atoms with Crippen molar-refractivity contribution in [2.75, 3.05) is 29.1 Å². The predicted octanol–water partition coefficient (Wildman–Crippen LogP) is 19.9. The highest BCUT2D eigenvalue weighted by Gasteiger charge is 2.15. The monoisotopic (exact) mass is 1780 g/mol. The molecule has 21 nitrogen and oxygen atoms in total. The Morgan fingerprint density at radius 3 is 1.32 bits per heavy atom. The third-order valence-electron chi connectivity index (χ3n) is 17.9. The Bertz CT molecular complexity index is 5220. The number of halogens is 6. The van der Waals surface area contributed by atoms with Gasteiger partial charge in [-0.25, -0.2) is 29.7 Å². The van der Waals surface area contributed by atoms with Crippen LogP contribution in [-0.4, -0.2) is 116 Å². The first-order chi connectivity index (χ1) is 55.1. The predicted molar refractivity (Wildman–Crippen MR) is 468 cm³/mol. The highest BCUT2D eigenvalue weighted by molar-refractivity contribution is 9.09. The number of unbranched alkanes of at least 4 members (excludes halogenated alkanes) is 8. The number of benzene rings is 2. The summed E-state index contributed by atoms with van der Waals surface area (Å²) in [7, 11) is 0. The Morgan fingerprint density at radius 1 is 0.434 bits per heavy atom. The molecule has 0 aliphatic rings. The number of Topliss-reactive ketones (excluding diaryl/α,β-unsaturated/α-hetero) is 1. The molecule has 0 radical (unpaired) electrons. The number of pyridine rings is 7. The van der Waals surface area contributed by atoms with Gasteiger partial charge in [-0.15, -0.1) is 0 Å². The number of nitrogens with one attached hydrogen (secondary N) is 6. The number of H-pyrrole nitrogens is 5. The second kappa shape index (κ2) is 49.8. The van der Waals surface area contributed by atoms with Crippen molar-refractivity contribution in [2.24, 2.45) is 5.73 Å². The van der Waals surface area contributed by atoms with E-state index in [1.165, 1.54) is 80.2 Å². The maximum absolute atomic E-state index is 12.7. The minimum absolute atomic E-state index is 0.160. The quantitative estimate of drug-likeness (QED) is 0.00868. The maximum atomic E-state index is 12.7. The summed E-state index contributed by atoms with van der Waals surface area (Å²) in [6.45, 7) is 2.05. The van der Waals surface area contributed by atoms with Crippen LogP contribution in [0.3, 0.4) is 0 Å². The molecule has 0 fully saturated rings. The Kier molecular flexibility index (Phi) is 39.1. The van der Waals surface area contributed by atoms with E-state index in [0.717, 1.165) is 149 Å². The fraction of sp³-hybridized carbons (Fsp3) is 0.291. The third kappa shape index (κ3) is 29.7. The highest BCUT2D eigenvalue weighted by atomic mass is 79.9. The number of carbonyl (C=O) groups excluding carboxylic acids is 3. The van der Waals surface area contributed by atoms with Crippen molar-refractivity contribution < 1.29 is 24.3 Å². The van der Waals surface area contributed by atoms with Gasteiger partial charge in [-0.3, -0.25) is 24.0 Å². The van der Waals surface area contributed by atoms with E-state index >= 15 is 0 Å². The number of hydrogen-bond acceptors (Lipinski definition) is 12. The molecular weight excluding hydrogens is 1690 g/mol.